The lowest BCUT2D eigenvalue weighted by atomic mass is 9.67. The molecule has 2 aliphatic rings. The molecule has 8 aromatic carbocycles. The highest BCUT2D eigenvalue weighted by atomic mass is 32.1. The molecule has 4 nitrogen and oxygen atoms in total. The Hall–Kier alpha value is -7.08. The van der Waals surface area contributed by atoms with Crippen LogP contribution in [0.4, 0.5) is 0 Å². The van der Waals surface area contributed by atoms with E-state index in [4.69, 9.17) is 9.98 Å². The minimum Gasteiger partial charge on any atom is -0.324 e. The number of benzene rings is 8. The molecule has 10 aromatic rings. The van der Waals surface area contributed by atoms with E-state index in [1.165, 1.54) is 64.3 Å². The Morgan fingerprint density at radius 3 is 1.86 bits per heavy atom. The number of para-hydroxylation sites is 1. The Morgan fingerprint density at radius 1 is 0.456 bits per heavy atom. The molecule has 0 radical (unpaired) electrons. The summed E-state index contributed by atoms with van der Waals surface area (Å²) in [6.45, 7) is 0. The van der Waals surface area contributed by atoms with Crippen LogP contribution in [-0.4, -0.2) is 16.2 Å². The van der Waals surface area contributed by atoms with Gasteiger partial charge in [-0.05, 0) is 63.7 Å². The van der Waals surface area contributed by atoms with Crippen molar-refractivity contribution in [1.29, 1.82) is 0 Å². The molecule has 1 N–H and O–H groups in total. The first-order chi connectivity index (χ1) is 28.3. The number of aliphatic imine (C=N–C) groups is 2. The molecule has 268 valence electrons. The summed E-state index contributed by atoms with van der Waals surface area (Å²) in [5, 5.41) is 8.59. The van der Waals surface area contributed by atoms with Crippen molar-refractivity contribution in [2.24, 2.45) is 9.98 Å². The number of nitrogens with one attached hydrogen (secondary N) is 1. The van der Waals surface area contributed by atoms with E-state index in [0.717, 1.165) is 33.8 Å². The van der Waals surface area contributed by atoms with Crippen LogP contribution in [0.2, 0.25) is 0 Å². The Morgan fingerprint density at radius 2 is 1.07 bits per heavy atom. The standard InChI is InChI=1S/C52H34N4S/c1-4-17-33(18-5-1)49-53-50(40-27-16-26-39-38-25-12-15-30-47(38)57-48(39)40)55-51(54-49)56-45-29-14-11-24-37(45)42-31-41-36-23-10-13-28-43(36)52(44(41)32-46(42)56,34-19-6-2-7-20-34)35-21-8-3-9-22-35/h1-32,51H,(H,53,54,55). The lowest BCUT2D eigenvalue weighted by Gasteiger charge is -2.34. The molecule has 5 heteroatoms. The van der Waals surface area contributed by atoms with Crippen molar-refractivity contribution in [3.05, 3.63) is 228 Å². The second kappa shape index (κ2) is 12.5. The fourth-order valence-corrected chi connectivity index (χ4v) is 10.8. The van der Waals surface area contributed by atoms with Crippen LogP contribution in [0.15, 0.2) is 204 Å². The van der Waals surface area contributed by atoms with Crippen molar-refractivity contribution in [3.8, 4) is 11.1 Å². The third kappa shape index (κ3) is 4.67. The molecule has 2 aromatic heterocycles. The van der Waals surface area contributed by atoms with Gasteiger partial charge >= 0.3 is 0 Å². The van der Waals surface area contributed by atoms with Crippen LogP contribution >= 0.6 is 11.3 Å². The third-order valence-electron chi connectivity index (χ3n) is 12.0. The molecule has 0 bridgehead atoms. The molecule has 1 atom stereocenters. The zero-order valence-corrected chi connectivity index (χ0v) is 31.6. The third-order valence-corrected chi connectivity index (χ3v) is 13.2. The molecule has 57 heavy (non-hydrogen) atoms. The van der Waals surface area contributed by atoms with Gasteiger partial charge in [-0.25, -0.2) is 9.98 Å². The van der Waals surface area contributed by atoms with Crippen LogP contribution in [-0.2, 0) is 5.41 Å². The minimum atomic E-state index is -0.576. The maximum atomic E-state index is 5.56. The first kappa shape index (κ1) is 32.2. The number of nitrogens with zero attached hydrogens (tertiary/aromatic N) is 3. The van der Waals surface area contributed by atoms with Crippen molar-refractivity contribution >= 4 is 65.0 Å². The number of thiophene rings is 1. The minimum absolute atomic E-state index is 0.526. The molecule has 0 spiro atoms. The first-order valence-corrected chi connectivity index (χ1v) is 20.3. The Labute approximate surface area is 333 Å². The average Bonchev–Trinajstić information content (AvgIpc) is 3.92. The highest BCUT2D eigenvalue weighted by Gasteiger charge is 2.46. The summed E-state index contributed by atoms with van der Waals surface area (Å²) >= 11 is 1.82. The summed E-state index contributed by atoms with van der Waals surface area (Å²) < 4.78 is 4.84. The van der Waals surface area contributed by atoms with E-state index in [2.05, 4.69) is 204 Å². The smallest absolute Gasteiger partial charge is 0.224 e. The van der Waals surface area contributed by atoms with E-state index < -0.39 is 11.7 Å². The van der Waals surface area contributed by atoms with Crippen LogP contribution in [0.5, 0.6) is 0 Å². The molecule has 0 fully saturated rings. The second-order valence-electron chi connectivity index (χ2n) is 14.9. The predicted octanol–water partition coefficient (Wildman–Crippen LogP) is 12.5. The largest absolute Gasteiger partial charge is 0.324 e. The summed E-state index contributed by atoms with van der Waals surface area (Å²) in [7, 11) is 0. The van der Waals surface area contributed by atoms with Crippen LogP contribution in [0.3, 0.4) is 0 Å². The molecule has 1 unspecified atom stereocenters. The Kier molecular flexibility index (Phi) is 7.04. The normalized spacial score (nSPS) is 15.7. The molecular formula is C52H34N4S. The molecular weight excluding hydrogens is 713 g/mol. The summed E-state index contributed by atoms with van der Waals surface area (Å²) in [6, 6.07) is 70.3. The van der Waals surface area contributed by atoms with Crippen LogP contribution in [0, 0.1) is 0 Å². The zero-order chi connectivity index (χ0) is 37.5. The number of fused-ring (bicyclic) bond motifs is 9. The Bertz CT molecular complexity index is 3230. The van der Waals surface area contributed by atoms with Crippen molar-refractivity contribution < 1.29 is 0 Å². The summed E-state index contributed by atoms with van der Waals surface area (Å²) in [4.78, 5) is 11.0. The van der Waals surface area contributed by atoms with Crippen molar-refractivity contribution in [2.45, 2.75) is 11.7 Å². The van der Waals surface area contributed by atoms with E-state index in [1.54, 1.807) is 0 Å². The van der Waals surface area contributed by atoms with Gasteiger partial charge in [0.25, 0.3) is 0 Å². The van der Waals surface area contributed by atoms with Gasteiger partial charge in [0.15, 0.2) is 0 Å². The van der Waals surface area contributed by atoms with Gasteiger partial charge in [0.05, 0.1) is 16.4 Å². The first-order valence-electron chi connectivity index (χ1n) is 19.4. The lowest BCUT2D eigenvalue weighted by Crippen LogP contribution is -2.37. The predicted molar refractivity (Wildman–Crippen MR) is 238 cm³/mol. The number of amidine groups is 2. The van der Waals surface area contributed by atoms with Gasteiger partial charge in [-0.3, -0.25) is 4.57 Å². The van der Waals surface area contributed by atoms with E-state index in [9.17, 15) is 0 Å². The van der Waals surface area contributed by atoms with Gasteiger partial charge in [0.2, 0.25) is 6.29 Å². The molecule has 1 aliphatic carbocycles. The molecule has 0 saturated carbocycles. The summed E-state index contributed by atoms with van der Waals surface area (Å²) in [5.41, 5.74) is 11.3. The van der Waals surface area contributed by atoms with E-state index in [0.29, 0.717) is 0 Å². The number of hydrogen-bond donors (Lipinski definition) is 1. The van der Waals surface area contributed by atoms with E-state index >= 15 is 0 Å². The Balaban J connectivity index is 1.16. The van der Waals surface area contributed by atoms with Crippen LogP contribution < -0.4 is 5.32 Å². The number of rotatable bonds is 5. The second-order valence-corrected chi connectivity index (χ2v) is 16.0. The van der Waals surface area contributed by atoms with Gasteiger partial charge in [-0.15, -0.1) is 11.3 Å². The maximum Gasteiger partial charge on any atom is 0.224 e. The molecule has 12 rings (SSSR count). The van der Waals surface area contributed by atoms with Crippen LogP contribution in [0.25, 0.3) is 53.1 Å². The average molecular weight is 747 g/mol. The van der Waals surface area contributed by atoms with Gasteiger partial charge in [-0.2, -0.15) is 0 Å². The topological polar surface area (TPSA) is 41.7 Å². The van der Waals surface area contributed by atoms with Crippen molar-refractivity contribution in [1.82, 2.24) is 9.88 Å². The molecule has 1 aliphatic heterocycles. The number of aromatic nitrogens is 1. The van der Waals surface area contributed by atoms with Gasteiger partial charge in [0, 0.05) is 42.1 Å². The van der Waals surface area contributed by atoms with Crippen molar-refractivity contribution in [3.63, 3.8) is 0 Å². The molecule has 0 amide bonds. The van der Waals surface area contributed by atoms with Gasteiger partial charge in [0.1, 0.15) is 11.7 Å². The molecule has 3 heterocycles. The quantitative estimate of drug-likeness (QED) is 0.187. The van der Waals surface area contributed by atoms with E-state index in [-0.39, 0.29) is 0 Å². The summed E-state index contributed by atoms with van der Waals surface area (Å²) in [6.07, 6.45) is -0.576. The highest BCUT2D eigenvalue weighted by molar-refractivity contribution is 7.26. The zero-order valence-electron chi connectivity index (χ0n) is 30.8. The fourth-order valence-electron chi connectivity index (χ4n) is 9.55. The summed E-state index contributed by atoms with van der Waals surface area (Å²) in [5.74, 6) is 1.61. The fraction of sp³-hybridized carbons (Fsp3) is 0.0385. The SMILES string of the molecule is c1ccc(C2=NC(n3c4ccccc4c4cc5c(cc43)C(c3ccccc3)(c3ccccc3)c3ccccc3-5)N=C(c3cccc4c3sc3ccccc34)N2)cc1. The van der Waals surface area contributed by atoms with Crippen LogP contribution in [0.1, 0.15) is 39.7 Å². The lowest BCUT2D eigenvalue weighted by molar-refractivity contribution is 0.575. The van der Waals surface area contributed by atoms with Crippen molar-refractivity contribution in [2.75, 3.05) is 0 Å². The van der Waals surface area contributed by atoms with E-state index in [1.807, 2.05) is 11.3 Å². The monoisotopic (exact) mass is 746 g/mol. The molecule has 0 saturated heterocycles. The number of hydrogen-bond acceptors (Lipinski definition) is 4. The highest BCUT2D eigenvalue weighted by Crippen LogP contribution is 2.57. The maximum absolute atomic E-state index is 5.56. The van der Waals surface area contributed by atoms with Gasteiger partial charge < -0.3 is 5.32 Å². The van der Waals surface area contributed by atoms with Gasteiger partial charge in [-0.1, -0.05) is 164 Å².